The van der Waals surface area contributed by atoms with E-state index >= 15 is 0 Å². The van der Waals surface area contributed by atoms with Crippen molar-refractivity contribution in [3.05, 3.63) is 0 Å². The number of urea groups is 1. The van der Waals surface area contributed by atoms with E-state index in [1.165, 1.54) is 11.9 Å². The molecule has 1 aliphatic heterocycles. The molecular formula is C10H14N2O4. The van der Waals surface area contributed by atoms with Gasteiger partial charge in [0.05, 0.1) is 0 Å². The highest BCUT2D eigenvalue weighted by Crippen LogP contribution is 2.37. The van der Waals surface area contributed by atoms with Crippen LogP contribution in [0.25, 0.3) is 0 Å². The Kier molecular flexibility index (Phi) is 2.36. The van der Waals surface area contributed by atoms with Crippen LogP contribution in [0.1, 0.15) is 25.7 Å². The first kappa shape index (κ1) is 10.9. The Bertz CT molecular complexity index is 360. The zero-order valence-electron chi connectivity index (χ0n) is 9.10. The molecule has 0 spiro atoms. The fourth-order valence-electron chi connectivity index (χ4n) is 2.53. The van der Waals surface area contributed by atoms with Gasteiger partial charge in [-0.2, -0.15) is 0 Å². The molecule has 3 amide bonds. The number of hydrogen-bond donors (Lipinski definition) is 1. The number of likely N-dealkylation sites (N-methyl/N-ethyl adjacent to an activating group) is 1. The summed E-state index contributed by atoms with van der Waals surface area (Å²) in [6.45, 7) is -0.0200. The molecule has 1 heterocycles. The van der Waals surface area contributed by atoms with E-state index in [-0.39, 0.29) is 6.54 Å². The van der Waals surface area contributed by atoms with E-state index in [0.29, 0.717) is 12.8 Å². The lowest BCUT2D eigenvalue weighted by Gasteiger charge is -2.32. The van der Waals surface area contributed by atoms with E-state index in [0.717, 1.165) is 17.7 Å². The van der Waals surface area contributed by atoms with Crippen LogP contribution in [0.3, 0.4) is 0 Å². The molecule has 0 aromatic heterocycles. The summed E-state index contributed by atoms with van der Waals surface area (Å²) in [4.78, 5) is 37.0. The molecule has 0 unspecified atom stereocenters. The van der Waals surface area contributed by atoms with Gasteiger partial charge in [-0.05, 0) is 12.8 Å². The SMILES string of the molecule is CN1CC(=O)N(C2(C(=O)O)CCCC2)C1=O. The Morgan fingerprint density at radius 2 is 1.88 bits per heavy atom. The molecule has 1 N–H and O–H groups in total. The Labute approximate surface area is 92.8 Å². The quantitative estimate of drug-likeness (QED) is 0.686. The van der Waals surface area contributed by atoms with Gasteiger partial charge < -0.3 is 10.0 Å². The molecule has 1 saturated heterocycles. The molecular weight excluding hydrogens is 212 g/mol. The van der Waals surface area contributed by atoms with Gasteiger partial charge in [0.25, 0.3) is 5.91 Å². The fraction of sp³-hybridized carbons (Fsp3) is 0.700. The molecule has 0 aromatic carbocycles. The lowest BCUT2D eigenvalue weighted by atomic mass is 9.95. The Hall–Kier alpha value is -1.59. The summed E-state index contributed by atoms with van der Waals surface area (Å²) in [6, 6.07) is -0.491. The molecule has 0 bridgehead atoms. The van der Waals surface area contributed by atoms with Crippen molar-refractivity contribution < 1.29 is 19.5 Å². The second kappa shape index (κ2) is 3.47. The second-order valence-electron chi connectivity index (χ2n) is 4.41. The molecule has 0 aromatic rings. The van der Waals surface area contributed by atoms with Crippen LogP contribution in [0, 0.1) is 0 Å². The van der Waals surface area contributed by atoms with Crippen molar-refractivity contribution in [1.82, 2.24) is 9.80 Å². The second-order valence-corrected chi connectivity index (χ2v) is 4.41. The lowest BCUT2D eigenvalue weighted by Crippen LogP contribution is -2.55. The molecule has 1 saturated carbocycles. The summed E-state index contributed by atoms with van der Waals surface area (Å²) in [6.07, 6.45) is 2.22. The fourth-order valence-corrected chi connectivity index (χ4v) is 2.53. The Morgan fingerprint density at radius 1 is 1.31 bits per heavy atom. The lowest BCUT2D eigenvalue weighted by molar-refractivity contribution is -0.153. The van der Waals surface area contributed by atoms with Crippen molar-refractivity contribution in [2.45, 2.75) is 31.2 Å². The molecule has 16 heavy (non-hydrogen) atoms. The number of hydrogen-bond acceptors (Lipinski definition) is 3. The highest BCUT2D eigenvalue weighted by atomic mass is 16.4. The Balaban J connectivity index is 2.38. The van der Waals surface area contributed by atoms with Gasteiger partial charge in [0.2, 0.25) is 0 Å². The van der Waals surface area contributed by atoms with Crippen LogP contribution >= 0.6 is 0 Å². The van der Waals surface area contributed by atoms with Crippen molar-refractivity contribution in [3.63, 3.8) is 0 Å². The van der Waals surface area contributed by atoms with Crippen LogP contribution < -0.4 is 0 Å². The van der Waals surface area contributed by atoms with E-state index < -0.39 is 23.4 Å². The summed E-state index contributed by atoms with van der Waals surface area (Å²) in [5.41, 5.74) is -1.29. The number of imide groups is 1. The van der Waals surface area contributed by atoms with Crippen molar-refractivity contribution in [2.24, 2.45) is 0 Å². The topological polar surface area (TPSA) is 77.9 Å². The van der Waals surface area contributed by atoms with Gasteiger partial charge in [-0.1, -0.05) is 12.8 Å². The molecule has 2 aliphatic rings. The molecule has 1 aliphatic carbocycles. The van der Waals surface area contributed by atoms with Crippen molar-refractivity contribution in [3.8, 4) is 0 Å². The first-order valence-corrected chi connectivity index (χ1v) is 5.30. The summed E-state index contributed by atoms with van der Waals surface area (Å²) in [5, 5.41) is 9.28. The predicted molar refractivity (Wildman–Crippen MR) is 53.7 cm³/mol. The van der Waals surface area contributed by atoms with E-state index in [2.05, 4.69) is 0 Å². The van der Waals surface area contributed by atoms with Gasteiger partial charge in [0, 0.05) is 7.05 Å². The van der Waals surface area contributed by atoms with Crippen LogP contribution in [-0.4, -0.2) is 51.9 Å². The van der Waals surface area contributed by atoms with Gasteiger partial charge in [0.1, 0.15) is 12.1 Å². The van der Waals surface area contributed by atoms with E-state index in [4.69, 9.17) is 0 Å². The van der Waals surface area contributed by atoms with Crippen LogP contribution in [0.5, 0.6) is 0 Å². The summed E-state index contributed by atoms with van der Waals surface area (Å²) < 4.78 is 0. The number of nitrogens with zero attached hydrogens (tertiary/aromatic N) is 2. The first-order valence-electron chi connectivity index (χ1n) is 5.30. The third-order valence-electron chi connectivity index (χ3n) is 3.40. The minimum absolute atomic E-state index is 0.0200. The van der Waals surface area contributed by atoms with Crippen LogP contribution in [0.2, 0.25) is 0 Å². The smallest absolute Gasteiger partial charge is 0.330 e. The normalized spacial score (nSPS) is 24.3. The third kappa shape index (κ3) is 1.29. The van der Waals surface area contributed by atoms with E-state index in [1.807, 2.05) is 0 Å². The average molecular weight is 226 g/mol. The standard InChI is InChI=1S/C10H14N2O4/c1-11-6-7(13)12(9(11)16)10(8(14)15)4-2-3-5-10/h2-6H2,1H3,(H,14,15). The number of rotatable bonds is 2. The number of carbonyl (C=O) groups excluding carboxylic acids is 2. The highest BCUT2D eigenvalue weighted by molar-refractivity contribution is 6.06. The zero-order valence-corrected chi connectivity index (χ0v) is 9.10. The maximum Gasteiger partial charge on any atom is 0.330 e. The first-order chi connectivity index (χ1) is 7.49. The highest BCUT2D eigenvalue weighted by Gasteiger charge is 2.54. The van der Waals surface area contributed by atoms with Gasteiger partial charge in [-0.3, -0.25) is 4.79 Å². The predicted octanol–water partition coefficient (Wildman–Crippen LogP) is 0.278. The minimum Gasteiger partial charge on any atom is -0.479 e. The van der Waals surface area contributed by atoms with Crippen LogP contribution in [0.4, 0.5) is 4.79 Å². The monoisotopic (exact) mass is 226 g/mol. The molecule has 6 nitrogen and oxygen atoms in total. The number of carboxylic acids is 1. The number of carboxylic acid groups (broad SMARTS) is 1. The summed E-state index contributed by atoms with van der Waals surface area (Å²) in [7, 11) is 1.50. The number of aliphatic carboxylic acids is 1. The molecule has 88 valence electrons. The zero-order chi connectivity index (χ0) is 11.9. The average Bonchev–Trinajstić information content (AvgIpc) is 2.75. The van der Waals surface area contributed by atoms with Gasteiger partial charge >= 0.3 is 12.0 Å². The Morgan fingerprint density at radius 3 is 2.25 bits per heavy atom. The van der Waals surface area contributed by atoms with E-state index in [9.17, 15) is 19.5 Å². The van der Waals surface area contributed by atoms with Gasteiger partial charge in [-0.15, -0.1) is 0 Å². The van der Waals surface area contributed by atoms with Crippen LogP contribution in [-0.2, 0) is 9.59 Å². The molecule has 0 atom stereocenters. The van der Waals surface area contributed by atoms with Crippen molar-refractivity contribution in [1.29, 1.82) is 0 Å². The number of amides is 3. The van der Waals surface area contributed by atoms with Crippen LogP contribution in [0.15, 0.2) is 0 Å². The summed E-state index contributed by atoms with van der Waals surface area (Å²) in [5.74, 6) is -1.47. The maximum atomic E-state index is 11.8. The molecule has 0 radical (unpaired) electrons. The third-order valence-corrected chi connectivity index (χ3v) is 3.40. The minimum atomic E-state index is -1.29. The maximum absolute atomic E-state index is 11.8. The van der Waals surface area contributed by atoms with Gasteiger partial charge in [-0.25, -0.2) is 14.5 Å². The molecule has 6 heteroatoms. The van der Waals surface area contributed by atoms with E-state index in [1.54, 1.807) is 0 Å². The molecule has 2 rings (SSSR count). The van der Waals surface area contributed by atoms with Crippen molar-refractivity contribution in [2.75, 3.05) is 13.6 Å². The largest absolute Gasteiger partial charge is 0.479 e. The summed E-state index contributed by atoms with van der Waals surface area (Å²) >= 11 is 0. The molecule has 2 fully saturated rings. The van der Waals surface area contributed by atoms with Gasteiger partial charge in [0.15, 0.2) is 0 Å². The number of carbonyl (C=O) groups is 3. The van der Waals surface area contributed by atoms with Crippen molar-refractivity contribution >= 4 is 17.9 Å².